The Morgan fingerprint density at radius 3 is 2.64 bits per heavy atom. The monoisotopic (exact) mass is 446 g/mol. The Balaban J connectivity index is 1.65. The van der Waals surface area contributed by atoms with Crippen LogP contribution in [-0.4, -0.2) is 45.3 Å². The second-order valence-corrected chi connectivity index (χ2v) is 8.49. The molecule has 2 heterocycles. The summed E-state index contributed by atoms with van der Waals surface area (Å²) in [7, 11) is 1.62. The number of methoxy groups -OCH3 is 1. The molecule has 0 aliphatic heterocycles. The predicted molar refractivity (Wildman–Crippen MR) is 127 cm³/mol. The summed E-state index contributed by atoms with van der Waals surface area (Å²) in [6.45, 7) is 5.69. The van der Waals surface area contributed by atoms with Crippen LogP contribution in [0.1, 0.15) is 20.8 Å². The largest absolute Gasteiger partial charge is 0.497 e. The lowest BCUT2D eigenvalue weighted by atomic mass is 10.1. The first-order valence-corrected chi connectivity index (χ1v) is 10.5. The maximum absolute atomic E-state index is 12.1. The quantitative estimate of drug-likeness (QED) is 0.392. The SMILES string of the molecule is COc1ccc2nc(-c3cccc(OCC(=O)NC(C)(C)C)c3)nc(Nc3ccn[nH]3)c2c1. The fourth-order valence-corrected chi connectivity index (χ4v) is 3.24. The Hall–Kier alpha value is -4.14. The van der Waals surface area contributed by atoms with Gasteiger partial charge in [0.1, 0.15) is 23.1 Å². The summed E-state index contributed by atoms with van der Waals surface area (Å²) >= 11 is 0. The Morgan fingerprint density at radius 2 is 1.91 bits per heavy atom. The van der Waals surface area contributed by atoms with E-state index < -0.39 is 0 Å². The van der Waals surface area contributed by atoms with E-state index in [0.29, 0.717) is 29.0 Å². The van der Waals surface area contributed by atoms with Gasteiger partial charge in [-0.05, 0) is 51.1 Å². The number of ether oxygens (including phenoxy) is 2. The van der Waals surface area contributed by atoms with Crippen LogP contribution in [0.5, 0.6) is 11.5 Å². The van der Waals surface area contributed by atoms with E-state index in [4.69, 9.17) is 19.4 Å². The van der Waals surface area contributed by atoms with Crippen molar-refractivity contribution in [1.82, 2.24) is 25.5 Å². The molecule has 0 unspecified atom stereocenters. The van der Waals surface area contributed by atoms with Crippen LogP contribution >= 0.6 is 0 Å². The fraction of sp³-hybridized carbons (Fsp3) is 0.250. The minimum Gasteiger partial charge on any atom is -0.497 e. The van der Waals surface area contributed by atoms with Gasteiger partial charge in [0, 0.05) is 22.6 Å². The number of amides is 1. The van der Waals surface area contributed by atoms with Gasteiger partial charge in [-0.15, -0.1) is 0 Å². The molecule has 4 aromatic rings. The van der Waals surface area contributed by atoms with Crippen molar-refractivity contribution >= 4 is 28.4 Å². The number of anilines is 2. The molecule has 2 aromatic heterocycles. The molecule has 9 heteroatoms. The molecule has 0 spiro atoms. The van der Waals surface area contributed by atoms with Gasteiger partial charge in [0.25, 0.3) is 5.91 Å². The number of benzene rings is 2. The molecular formula is C24H26N6O3. The summed E-state index contributed by atoms with van der Waals surface area (Å²) in [6, 6.07) is 14.8. The van der Waals surface area contributed by atoms with Crippen molar-refractivity contribution in [3.05, 3.63) is 54.7 Å². The summed E-state index contributed by atoms with van der Waals surface area (Å²) < 4.78 is 11.1. The maximum atomic E-state index is 12.1. The number of nitrogens with zero attached hydrogens (tertiary/aromatic N) is 3. The van der Waals surface area contributed by atoms with Crippen LogP contribution in [0, 0.1) is 0 Å². The highest BCUT2D eigenvalue weighted by Crippen LogP contribution is 2.30. The molecule has 0 saturated heterocycles. The van der Waals surface area contributed by atoms with Crippen molar-refractivity contribution in [1.29, 1.82) is 0 Å². The maximum Gasteiger partial charge on any atom is 0.258 e. The van der Waals surface area contributed by atoms with Crippen LogP contribution in [0.2, 0.25) is 0 Å². The number of nitrogens with one attached hydrogen (secondary N) is 3. The van der Waals surface area contributed by atoms with Crippen LogP contribution in [0.25, 0.3) is 22.3 Å². The standard InChI is InChI=1S/C24H26N6O3/c1-24(2,3)29-21(31)14-33-17-7-5-6-15(12-17)22-26-19-9-8-16(32-4)13-18(19)23(28-22)27-20-10-11-25-30-20/h5-13H,14H2,1-4H3,(H,29,31)(H2,25,26,27,28,30). The highest BCUT2D eigenvalue weighted by atomic mass is 16.5. The van der Waals surface area contributed by atoms with Gasteiger partial charge in [0.15, 0.2) is 12.4 Å². The van der Waals surface area contributed by atoms with Crippen molar-refractivity contribution in [3.63, 3.8) is 0 Å². The minimum atomic E-state index is -0.317. The number of rotatable bonds is 7. The summed E-state index contributed by atoms with van der Waals surface area (Å²) in [5.74, 6) is 2.89. The number of carbonyl (C=O) groups excluding carboxylic acids is 1. The summed E-state index contributed by atoms with van der Waals surface area (Å²) in [5, 5.41) is 13.8. The second kappa shape index (κ2) is 9.15. The fourth-order valence-electron chi connectivity index (χ4n) is 3.24. The molecule has 3 N–H and O–H groups in total. The summed E-state index contributed by atoms with van der Waals surface area (Å²) in [6.07, 6.45) is 1.66. The highest BCUT2D eigenvalue weighted by molar-refractivity contribution is 5.93. The van der Waals surface area contributed by atoms with Crippen molar-refractivity contribution in [3.8, 4) is 22.9 Å². The van der Waals surface area contributed by atoms with E-state index in [2.05, 4.69) is 20.8 Å². The Kier molecular flexibility index (Phi) is 6.12. The molecule has 4 rings (SSSR count). The van der Waals surface area contributed by atoms with Gasteiger partial charge in [-0.2, -0.15) is 5.10 Å². The van der Waals surface area contributed by atoms with Gasteiger partial charge in [-0.3, -0.25) is 9.89 Å². The Labute approximate surface area is 191 Å². The van der Waals surface area contributed by atoms with Gasteiger partial charge in [0.05, 0.1) is 18.8 Å². The van der Waals surface area contributed by atoms with Crippen LogP contribution in [0.15, 0.2) is 54.7 Å². The molecule has 0 radical (unpaired) electrons. The molecule has 0 atom stereocenters. The van der Waals surface area contributed by atoms with Crippen molar-refractivity contribution < 1.29 is 14.3 Å². The molecule has 0 fully saturated rings. The lowest BCUT2D eigenvalue weighted by molar-refractivity contribution is -0.124. The zero-order valence-electron chi connectivity index (χ0n) is 19.0. The Bertz CT molecular complexity index is 1270. The topological polar surface area (TPSA) is 114 Å². The van der Waals surface area contributed by atoms with E-state index in [1.807, 2.05) is 63.2 Å². The zero-order chi connectivity index (χ0) is 23.4. The average Bonchev–Trinajstić information content (AvgIpc) is 3.29. The van der Waals surface area contributed by atoms with E-state index in [1.165, 1.54) is 0 Å². The van der Waals surface area contributed by atoms with E-state index in [1.54, 1.807) is 19.4 Å². The molecule has 33 heavy (non-hydrogen) atoms. The molecule has 0 saturated carbocycles. The minimum absolute atomic E-state index is 0.0777. The molecular weight excluding hydrogens is 420 g/mol. The van der Waals surface area contributed by atoms with Gasteiger partial charge >= 0.3 is 0 Å². The third-order valence-corrected chi connectivity index (χ3v) is 4.63. The molecule has 0 bridgehead atoms. The van der Waals surface area contributed by atoms with E-state index >= 15 is 0 Å². The number of fused-ring (bicyclic) bond motifs is 1. The number of hydrogen-bond donors (Lipinski definition) is 3. The molecule has 2 aromatic carbocycles. The van der Waals surface area contributed by atoms with E-state index in [0.717, 1.165) is 16.5 Å². The lowest BCUT2D eigenvalue weighted by Gasteiger charge is -2.20. The number of aromatic nitrogens is 4. The van der Waals surface area contributed by atoms with Gasteiger partial charge in [-0.1, -0.05) is 12.1 Å². The highest BCUT2D eigenvalue weighted by Gasteiger charge is 2.15. The third-order valence-electron chi connectivity index (χ3n) is 4.63. The number of hydrogen-bond acceptors (Lipinski definition) is 7. The average molecular weight is 447 g/mol. The van der Waals surface area contributed by atoms with Crippen molar-refractivity contribution in [2.24, 2.45) is 0 Å². The molecule has 0 aliphatic rings. The van der Waals surface area contributed by atoms with Crippen LogP contribution in [-0.2, 0) is 4.79 Å². The van der Waals surface area contributed by atoms with Crippen LogP contribution in [0.3, 0.4) is 0 Å². The zero-order valence-corrected chi connectivity index (χ0v) is 19.0. The molecule has 170 valence electrons. The van der Waals surface area contributed by atoms with Gasteiger partial charge < -0.3 is 20.1 Å². The first kappa shape index (κ1) is 22.1. The molecule has 9 nitrogen and oxygen atoms in total. The number of carbonyl (C=O) groups is 1. The Morgan fingerprint density at radius 1 is 1.06 bits per heavy atom. The van der Waals surface area contributed by atoms with Crippen LogP contribution in [0.4, 0.5) is 11.6 Å². The van der Waals surface area contributed by atoms with E-state index in [9.17, 15) is 4.79 Å². The first-order valence-electron chi connectivity index (χ1n) is 10.5. The second-order valence-electron chi connectivity index (χ2n) is 8.49. The molecule has 0 aliphatic carbocycles. The smallest absolute Gasteiger partial charge is 0.258 e. The summed E-state index contributed by atoms with van der Waals surface area (Å²) in [5.41, 5.74) is 1.19. The first-order chi connectivity index (χ1) is 15.8. The van der Waals surface area contributed by atoms with E-state index in [-0.39, 0.29) is 18.1 Å². The normalized spacial score (nSPS) is 11.3. The summed E-state index contributed by atoms with van der Waals surface area (Å²) in [4.78, 5) is 21.6. The molecule has 1 amide bonds. The van der Waals surface area contributed by atoms with Gasteiger partial charge in [-0.25, -0.2) is 9.97 Å². The van der Waals surface area contributed by atoms with Crippen molar-refractivity contribution in [2.75, 3.05) is 19.0 Å². The van der Waals surface area contributed by atoms with Crippen molar-refractivity contribution in [2.45, 2.75) is 26.3 Å². The third kappa shape index (κ3) is 5.57. The number of aromatic amines is 1. The lowest BCUT2D eigenvalue weighted by Crippen LogP contribution is -2.43. The van der Waals surface area contributed by atoms with Gasteiger partial charge in [0.2, 0.25) is 0 Å². The number of H-pyrrole nitrogens is 1. The predicted octanol–water partition coefficient (Wildman–Crippen LogP) is 4.07. The van der Waals surface area contributed by atoms with Crippen LogP contribution < -0.4 is 20.1 Å².